The van der Waals surface area contributed by atoms with Crippen LogP contribution in [0.15, 0.2) is 24.3 Å². The Kier molecular flexibility index (Phi) is 2.75. The minimum absolute atomic E-state index is 0.0444. The minimum atomic E-state index is 0.0444. The molecule has 1 aromatic heterocycles. The van der Waals surface area contributed by atoms with E-state index in [1.807, 2.05) is 12.1 Å². The van der Waals surface area contributed by atoms with Gasteiger partial charge in [-0.2, -0.15) is 0 Å². The maximum absolute atomic E-state index is 5.89. The van der Waals surface area contributed by atoms with Gasteiger partial charge < -0.3 is 16.5 Å². The number of fused-ring (bicyclic) bond motifs is 1. The molecule has 80 valence electrons. The SMILES string of the molecule is Cc1[nH]c2ccccc2c1C[C@@H](N)CN. The Hall–Kier alpha value is -1.32. The second-order valence-electron chi connectivity index (χ2n) is 3.97. The molecule has 0 unspecified atom stereocenters. The van der Waals surface area contributed by atoms with Crippen LogP contribution in [-0.4, -0.2) is 17.6 Å². The summed E-state index contributed by atoms with van der Waals surface area (Å²) in [4.78, 5) is 3.36. The number of hydrogen-bond acceptors (Lipinski definition) is 2. The molecular formula is C12H17N3. The first-order valence-electron chi connectivity index (χ1n) is 5.24. The first-order valence-corrected chi connectivity index (χ1v) is 5.24. The molecule has 0 saturated carbocycles. The van der Waals surface area contributed by atoms with E-state index in [0.29, 0.717) is 6.54 Å². The van der Waals surface area contributed by atoms with Crippen molar-refractivity contribution >= 4 is 10.9 Å². The van der Waals surface area contributed by atoms with Gasteiger partial charge in [-0.1, -0.05) is 18.2 Å². The van der Waals surface area contributed by atoms with Crippen molar-refractivity contribution in [3.05, 3.63) is 35.5 Å². The van der Waals surface area contributed by atoms with Crippen LogP contribution < -0.4 is 11.5 Å². The van der Waals surface area contributed by atoms with Crippen molar-refractivity contribution in [2.24, 2.45) is 11.5 Å². The van der Waals surface area contributed by atoms with Crippen LogP contribution in [0.2, 0.25) is 0 Å². The van der Waals surface area contributed by atoms with Crippen LogP contribution in [0.4, 0.5) is 0 Å². The van der Waals surface area contributed by atoms with Crippen molar-refractivity contribution in [1.29, 1.82) is 0 Å². The molecule has 0 radical (unpaired) electrons. The fourth-order valence-corrected chi connectivity index (χ4v) is 1.94. The standard InChI is InChI=1S/C12H17N3/c1-8-11(6-9(14)7-13)10-4-2-3-5-12(10)15-8/h2-5,9,15H,6-7,13-14H2,1H3/t9-/m1/s1. The molecule has 15 heavy (non-hydrogen) atoms. The minimum Gasteiger partial charge on any atom is -0.358 e. The number of hydrogen-bond donors (Lipinski definition) is 3. The third-order valence-electron chi connectivity index (χ3n) is 2.80. The number of rotatable bonds is 3. The topological polar surface area (TPSA) is 67.8 Å². The lowest BCUT2D eigenvalue weighted by molar-refractivity contribution is 0.679. The molecule has 0 aliphatic rings. The Bertz CT molecular complexity index is 459. The van der Waals surface area contributed by atoms with Crippen molar-refractivity contribution in [2.45, 2.75) is 19.4 Å². The molecule has 1 atom stereocenters. The number of nitrogens with two attached hydrogens (primary N) is 2. The van der Waals surface area contributed by atoms with E-state index in [9.17, 15) is 0 Å². The predicted octanol–water partition coefficient (Wildman–Crippen LogP) is 1.30. The summed E-state index contributed by atoms with van der Waals surface area (Å²) in [5.74, 6) is 0. The third kappa shape index (κ3) is 1.89. The quantitative estimate of drug-likeness (QED) is 0.704. The summed E-state index contributed by atoms with van der Waals surface area (Å²) in [6.07, 6.45) is 0.840. The van der Waals surface area contributed by atoms with E-state index in [1.165, 1.54) is 22.2 Å². The summed E-state index contributed by atoms with van der Waals surface area (Å²) in [5, 5.41) is 1.26. The van der Waals surface area contributed by atoms with Crippen LogP contribution in [0.5, 0.6) is 0 Å². The van der Waals surface area contributed by atoms with Crippen molar-refractivity contribution in [3.8, 4) is 0 Å². The zero-order valence-corrected chi connectivity index (χ0v) is 8.96. The molecule has 2 rings (SSSR count). The Labute approximate surface area is 89.5 Å². The summed E-state index contributed by atoms with van der Waals surface area (Å²) < 4.78 is 0. The van der Waals surface area contributed by atoms with Gasteiger partial charge in [-0.05, 0) is 25.0 Å². The second kappa shape index (κ2) is 4.04. The number of aromatic nitrogens is 1. The average Bonchev–Trinajstić information content (AvgIpc) is 2.55. The number of aryl methyl sites for hydroxylation is 1. The van der Waals surface area contributed by atoms with Crippen LogP contribution in [-0.2, 0) is 6.42 Å². The maximum atomic E-state index is 5.89. The fourth-order valence-electron chi connectivity index (χ4n) is 1.94. The molecule has 0 amide bonds. The van der Waals surface area contributed by atoms with E-state index in [0.717, 1.165) is 6.42 Å². The van der Waals surface area contributed by atoms with Gasteiger partial charge in [0, 0.05) is 29.2 Å². The molecule has 3 nitrogen and oxygen atoms in total. The van der Waals surface area contributed by atoms with Gasteiger partial charge in [0.15, 0.2) is 0 Å². The highest BCUT2D eigenvalue weighted by Gasteiger charge is 2.10. The fraction of sp³-hybridized carbons (Fsp3) is 0.333. The Morgan fingerprint density at radius 2 is 2.07 bits per heavy atom. The molecular weight excluding hydrogens is 186 g/mol. The van der Waals surface area contributed by atoms with Gasteiger partial charge in [-0.3, -0.25) is 0 Å². The van der Waals surface area contributed by atoms with Crippen molar-refractivity contribution in [2.75, 3.05) is 6.54 Å². The normalized spacial score (nSPS) is 13.3. The number of H-pyrrole nitrogens is 1. The highest BCUT2D eigenvalue weighted by atomic mass is 14.7. The molecule has 3 heteroatoms. The van der Waals surface area contributed by atoms with E-state index >= 15 is 0 Å². The van der Waals surface area contributed by atoms with Crippen molar-refractivity contribution in [1.82, 2.24) is 4.98 Å². The lowest BCUT2D eigenvalue weighted by Crippen LogP contribution is -2.31. The molecule has 2 aromatic rings. The van der Waals surface area contributed by atoms with Gasteiger partial charge in [-0.25, -0.2) is 0 Å². The summed E-state index contributed by atoms with van der Waals surface area (Å²) in [5.41, 5.74) is 15.1. The van der Waals surface area contributed by atoms with Gasteiger partial charge in [0.2, 0.25) is 0 Å². The van der Waals surface area contributed by atoms with Gasteiger partial charge in [0.05, 0.1) is 0 Å². The van der Waals surface area contributed by atoms with Gasteiger partial charge >= 0.3 is 0 Å². The number of nitrogens with one attached hydrogen (secondary N) is 1. The van der Waals surface area contributed by atoms with Crippen LogP contribution in [0.25, 0.3) is 10.9 Å². The van der Waals surface area contributed by atoms with Crippen molar-refractivity contribution in [3.63, 3.8) is 0 Å². The van der Waals surface area contributed by atoms with Crippen LogP contribution in [0.3, 0.4) is 0 Å². The van der Waals surface area contributed by atoms with Gasteiger partial charge in [0.25, 0.3) is 0 Å². The second-order valence-corrected chi connectivity index (χ2v) is 3.97. The van der Waals surface area contributed by atoms with Crippen molar-refractivity contribution < 1.29 is 0 Å². The van der Waals surface area contributed by atoms with E-state index in [1.54, 1.807) is 0 Å². The zero-order valence-electron chi connectivity index (χ0n) is 8.96. The number of benzene rings is 1. The molecule has 1 heterocycles. The van der Waals surface area contributed by atoms with E-state index in [4.69, 9.17) is 11.5 Å². The highest BCUT2D eigenvalue weighted by Crippen LogP contribution is 2.22. The monoisotopic (exact) mass is 203 g/mol. The lowest BCUT2D eigenvalue weighted by atomic mass is 10.0. The van der Waals surface area contributed by atoms with E-state index in [2.05, 4.69) is 24.0 Å². The smallest absolute Gasteiger partial charge is 0.0458 e. The largest absolute Gasteiger partial charge is 0.358 e. The molecule has 0 aliphatic carbocycles. The van der Waals surface area contributed by atoms with E-state index in [-0.39, 0.29) is 6.04 Å². The summed E-state index contributed by atoms with van der Waals surface area (Å²) >= 11 is 0. The molecule has 0 saturated heterocycles. The first kappa shape index (κ1) is 10.2. The lowest BCUT2D eigenvalue weighted by Gasteiger charge is -2.08. The number of para-hydroxylation sites is 1. The average molecular weight is 203 g/mol. The maximum Gasteiger partial charge on any atom is 0.0458 e. The van der Waals surface area contributed by atoms with Crippen LogP contribution in [0, 0.1) is 6.92 Å². The summed E-state index contributed by atoms with van der Waals surface area (Å²) in [6.45, 7) is 2.61. The van der Waals surface area contributed by atoms with E-state index < -0.39 is 0 Å². The Balaban J connectivity index is 2.45. The summed E-state index contributed by atoms with van der Waals surface area (Å²) in [6, 6.07) is 8.33. The molecule has 5 N–H and O–H groups in total. The molecule has 0 fully saturated rings. The summed E-state index contributed by atoms with van der Waals surface area (Å²) in [7, 11) is 0. The molecule has 0 bridgehead atoms. The Morgan fingerprint density at radius 1 is 1.33 bits per heavy atom. The predicted molar refractivity (Wildman–Crippen MR) is 63.8 cm³/mol. The van der Waals surface area contributed by atoms with Gasteiger partial charge in [0.1, 0.15) is 0 Å². The third-order valence-corrected chi connectivity index (χ3v) is 2.80. The highest BCUT2D eigenvalue weighted by molar-refractivity contribution is 5.84. The van der Waals surface area contributed by atoms with Crippen LogP contribution >= 0.6 is 0 Å². The molecule has 1 aromatic carbocycles. The molecule has 0 aliphatic heterocycles. The number of aromatic amines is 1. The van der Waals surface area contributed by atoms with Gasteiger partial charge in [-0.15, -0.1) is 0 Å². The first-order chi connectivity index (χ1) is 7.22. The molecule has 0 spiro atoms. The van der Waals surface area contributed by atoms with Crippen LogP contribution in [0.1, 0.15) is 11.3 Å². The zero-order chi connectivity index (χ0) is 10.8. The Morgan fingerprint density at radius 3 is 2.80 bits per heavy atom.